The zero-order chi connectivity index (χ0) is 20.5. The maximum atomic E-state index is 14.1. The topological polar surface area (TPSA) is 58.6 Å². The standard InChI is InChI=1S/C24H22FNO3/c1-3-22-24-15(7-9-29-22)6-8-26-21(24)12-20-18(13-23(27)28)14(2)10-16-4-5-17(25)11-19(16)20/h3-6,10-12,26H,1,7-9,13H2,2H3,(H,27,28)/b21-12-. The first-order valence-corrected chi connectivity index (χ1v) is 9.56. The number of benzene rings is 2. The first-order valence-electron chi connectivity index (χ1n) is 9.56. The number of fused-ring (bicyclic) bond motifs is 2. The van der Waals surface area contributed by atoms with E-state index in [2.05, 4.69) is 18.0 Å². The molecule has 2 aromatic carbocycles. The Morgan fingerprint density at radius 1 is 1.38 bits per heavy atom. The van der Waals surface area contributed by atoms with Gasteiger partial charge in [-0.2, -0.15) is 0 Å². The predicted octanol–water partition coefficient (Wildman–Crippen LogP) is 4.65. The van der Waals surface area contributed by atoms with Crippen LogP contribution in [0.15, 0.2) is 65.6 Å². The molecule has 0 spiro atoms. The fourth-order valence-corrected chi connectivity index (χ4v) is 4.07. The lowest BCUT2D eigenvalue weighted by molar-refractivity contribution is -0.136. The monoisotopic (exact) mass is 391 g/mol. The number of nitrogens with one attached hydrogen (secondary N) is 1. The van der Waals surface area contributed by atoms with Crippen LogP contribution >= 0.6 is 0 Å². The summed E-state index contributed by atoms with van der Waals surface area (Å²) in [5, 5.41) is 14.4. The lowest BCUT2D eigenvalue weighted by atomic mass is 9.88. The summed E-state index contributed by atoms with van der Waals surface area (Å²) in [5.74, 6) is -0.581. The summed E-state index contributed by atoms with van der Waals surface area (Å²) in [5.41, 5.74) is 5.21. The molecule has 0 bridgehead atoms. The number of hydrogen-bond acceptors (Lipinski definition) is 3. The van der Waals surface area contributed by atoms with Gasteiger partial charge in [-0.15, -0.1) is 0 Å². The van der Waals surface area contributed by atoms with Crippen LogP contribution in [-0.2, 0) is 16.0 Å². The fourth-order valence-electron chi connectivity index (χ4n) is 4.07. The number of aryl methyl sites for hydroxylation is 1. The minimum Gasteiger partial charge on any atom is -0.493 e. The van der Waals surface area contributed by atoms with Gasteiger partial charge in [0.15, 0.2) is 0 Å². The molecule has 0 amide bonds. The Bertz CT molecular complexity index is 1120. The molecule has 0 saturated carbocycles. The molecule has 0 saturated heterocycles. The lowest BCUT2D eigenvalue weighted by Crippen LogP contribution is -2.25. The highest BCUT2D eigenvalue weighted by atomic mass is 19.1. The van der Waals surface area contributed by atoms with Gasteiger partial charge in [-0.1, -0.05) is 24.8 Å². The third-order valence-corrected chi connectivity index (χ3v) is 5.39. The van der Waals surface area contributed by atoms with E-state index in [9.17, 15) is 14.3 Å². The molecule has 0 atom stereocenters. The molecule has 2 aliphatic rings. The van der Waals surface area contributed by atoms with Gasteiger partial charge in [-0.25, -0.2) is 4.39 Å². The van der Waals surface area contributed by atoms with Crippen molar-refractivity contribution in [3.05, 3.63) is 88.1 Å². The van der Waals surface area contributed by atoms with Gasteiger partial charge in [0.25, 0.3) is 0 Å². The second kappa shape index (κ2) is 7.59. The van der Waals surface area contributed by atoms with Crippen LogP contribution in [0.2, 0.25) is 0 Å². The maximum Gasteiger partial charge on any atom is 0.307 e. The Labute approximate surface area is 168 Å². The summed E-state index contributed by atoms with van der Waals surface area (Å²) in [7, 11) is 0. The highest BCUT2D eigenvalue weighted by Gasteiger charge is 2.24. The van der Waals surface area contributed by atoms with Gasteiger partial charge >= 0.3 is 5.97 Å². The van der Waals surface area contributed by atoms with E-state index in [0.29, 0.717) is 35.4 Å². The van der Waals surface area contributed by atoms with Gasteiger partial charge < -0.3 is 15.2 Å². The average molecular weight is 391 g/mol. The van der Waals surface area contributed by atoms with Gasteiger partial charge in [-0.3, -0.25) is 4.79 Å². The quantitative estimate of drug-likeness (QED) is 0.797. The molecular formula is C24H22FNO3. The molecule has 5 heteroatoms. The van der Waals surface area contributed by atoms with Crippen LogP contribution in [-0.4, -0.2) is 24.2 Å². The minimum absolute atomic E-state index is 0.135. The lowest BCUT2D eigenvalue weighted by Gasteiger charge is -2.28. The molecule has 0 aliphatic carbocycles. The molecule has 2 heterocycles. The van der Waals surface area contributed by atoms with Gasteiger partial charge in [0.1, 0.15) is 11.6 Å². The SMILES string of the molecule is C=CC1=C2C(=CCN/C2=C\c2c(CC(=O)O)c(C)cc3ccc(F)cc23)CCO1. The third-order valence-electron chi connectivity index (χ3n) is 5.39. The van der Waals surface area contributed by atoms with Crippen LogP contribution in [0.25, 0.3) is 16.8 Å². The first kappa shape index (κ1) is 19.0. The molecular weight excluding hydrogens is 369 g/mol. The largest absolute Gasteiger partial charge is 0.493 e. The summed E-state index contributed by atoms with van der Waals surface area (Å²) in [4.78, 5) is 11.5. The second-order valence-corrected chi connectivity index (χ2v) is 7.23. The predicted molar refractivity (Wildman–Crippen MR) is 112 cm³/mol. The summed E-state index contributed by atoms with van der Waals surface area (Å²) in [6.07, 6.45) is 6.41. The number of ether oxygens (including phenoxy) is 1. The van der Waals surface area contributed by atoms with E-state index < -0.39 is 5.97 Å². The fraction of sp³-hybridized carbons (Fsp3) is 0.208. The molecule has 148 valence electrons. The van der Waals surface area contributed by atoms with Gasteiger partial charge in [0.05, 0.1) is 13.0 Å². The van der Waals surface area contributed by atoms with Crippen molar-refractivity contribution in [3.8, 4) is 0 Å². The Morgan fingerprint density at radius 3 is 2.97 bits per heavy atom. The number of aliphatic carboxylic acids is 1. The third kappa shape index (κ3) is 3.56. The van der Waals surface area contributed by atoms with Crippen LogP contribution in [0.5, 0.6) is 0 Å². The van der Waals surface area contributed by atoms with Crippen molar-refractivity contribution in [3.63, 3.8) is 0 Å². The van der Waals surface area contributed by atoms with Gasteiger partial charge in [-0.05, 0) is 64.2 Å². The number of allylic oxidation sites excluding steroid dienone is 2. The Morgan fingerprint density at radius 2 is 2.21 bits per heavy atom. The number of carboxylic acids is 1. The van der Waals surface area contributed by atoms with E-state index in [1.165, 1.54) is 17.7 Å². The van der Waals surface area contributed by atoms with E-state index in [0.717, 1.165) is 28.6 Å². The molecule has 2 N–H and O–H groups in total. The number of hydrogen-bond donors (Lipinski definition) is 2. The van der Waals surface area contributed by atoms with Crippen LogP contribution in [0, 0.1) is 12.7 Å². The van der Waals surface area contributed by atoms with Crippen LogP contribution in [0.4, 0.5) is 4.39 Å². The Kier molecular flexibility index (Phi) is 4.97. The maximum absolute atomic E-state index is 14.1. The molecule has 0 radical (unpaired) electrons. The van der Waals surface area contributed by atoms with Gasteiger partial charge in [0, 0.05) is 24.2 Å². The molecule has 2 aliphatic heterocycles. The molecule has 29 heavy (non-hydrogen) atoms. The zero-order valence-corrected chi connectivity index (χ0v) is 16.2. The molecule has 0 fully saturated rings. The van der Waals surface area contributed by atoms with E-state index in [1.54, 1.807) is 12.1 Å². The van der Waals surface area contributed by atoms with Crippen LogP contribution in [0.3, 0.4) is 0 Å². The average Bonchev–Trinajstić information content (AvgIpc) is 2.70. The smallest absolute Gasteiger partial charge is 0.307 e. The summed E-state index contributed by atoms with van der Waals surface area (Å²) < 4.78 is 19.8. The van der Waals surface area contributed by atoms with Crippen molar-refractivity contribution in [2.24, 2.45) is 0 Å². The van der Waals surface area contributed by atoms with Crippen LogP contribution in [0.1, 0.15) is 23.1 Å². The summed E-state index contributed by atoms with van der Waals surface area (Å²) >= 11 is 0. The number of rotatable bonds is 4. The molecule has 0 aromatic heterocycles. The van der Waals surface area contributed by atoms with Crippen molar-refractivity contribution in [1.82, 2.24) is 5.32 Å². The normalized spacial score (nSPS) is 17.4. The van der Waals surface area contributed by atoms with E-state index in [-0.39, 0.29) is 12.2 Å². The van der Waals surface area contributed by atoms with Crippen molar-refractivity contribution in [2.75, 3.05) is 13.2 Å². The van der Waals surface area contributed by atoms with Crippen molar-refractivity contribution in [1.29, 1.82) is 0 Å². The van der Waals surface area contributed by atoms with E-state index in [1.807, 2.05) is 19.1 Å². The first-order chi connectivity index (χ1) is 14.0. The van der Waals surface area contributed by atoms with Gasteiger partial charge in [0.2, 0.25) is 0 Å². The zero-order valence-electron chi connectivity index (χ0n) is 16.2. The molecule has 2 aromatic rings. The van der Waals surface area contributed by atoms with Crippen molar-refractivity contribution in [2.45, 2.75) is 19.8 Å². The van der Waals surface area contributed by atoms with Crippen molar-refractivity contribution < 1.29 is 19.0 Å². The molecule has 4 rings (SSSR count). The summed E-state index contributed by atoms with van der Waals surface area (Å²) in [6, 6.07) is 6.52. The Balaban J connectivity index is 2.00. The highest BCUT2D eigenvalue weighted by Crippen LogP contribution is 2.35. The minimum atomic E-state index is -0.923. The number of halogens is 1. The summed E-state index contributed by atoms with van der Waals surface area (Å²) in [6.45, 7) is 7.02. The number of carbonyl (C=O) groups is 1. The van der Waals surface area contributed by atoms with Crippen molar-refractivity contribution >= 4 is 22.8 Å². The highest BCUT2D eigenvalue weighted by molar-refractivity contribution is 5.95. The molecule has 4 nitrogen and oxygen atoms in total. The second-order valence-electron chi connectivity index (χ2n) is 7.23. The van der Waals surface area contributed by atoms with E-state index in [4.69, 9.17) is 4.74 Å². The van der Waals surface area contributed by atoms with Crippen LogP contribution < -0.4 is 5.32 Å². The Hall–Kier alpha value is -3.34. The van der Waals surface area contributed by atoms with E-state index >= 15 is 0 Å². The molecule has 0 unspecified atom stereocenters. The number of carboxylic acid groups (broad SMARTS) is 1.